The average molecular weight is 1280 g/mol. The van der Waals surface area contributed by atoms with E-state index in [0.717, 1.165) is 17.4 Å². The molecule has 24 heteroatoms. The van der Waals surface area contributed by atoms with Gasteiger partial charge in [0.15, 0.2) is 17.1 Å². The van der Waals surface area contributed by atoms with Crippen LogP contribution in [0, 0.1) is 50.0 Å². The third-order valence-corrected chi connectivity index (χ3v) is 17.7. The van der Waals surface area contributed by atoms with E-state index < -0.39 is 107 Å². The highest BCUT2D eigenvalue weighted by atomic mass is 19.1. The molecule has 93 heavy (non-hydrogen) atoms. The minimum atomic E-state index is -1.04. The number of amides is 3. The van der Waals surface area contributed by atoms with Gasteiger partial charge in [-0.2, -0.15) is 0 Å². The van der Waals surface area contributed by atoms with E-state index in [1.165, 1.54) is 55.3 Å². The van der Waals surface area contributed by atoms with Crippen LogP contribution in [0.3, 0.4) is 0 Å². The standard InChI is InChI=1S/C37H41F3N6O4.C32H32F3N5O3/c1-19(2)28-30(21(4)12-14-41-28)46-33-23(16-25(40)29(42-33)27-20(3)10-9-11-24(27)39)31-32(35(46)48)43(15-13-38)34(47)26-18-44(22(5)17-45(26)31)36(49)50-37(6,7)8;1-16(2)25-27(18(4)10-12-36-25)40-30-19(14-21(35)26(37-30)24-20(34)6-5-7-23(24)41)28-29(32(40)43)38(13-11-33)31(42)22-9-8-17(3)15-39(22)28/h9-12,14,16,19,22,26H,13,15,17-18H2,1-8H3;5-7,10,12,14,16-17,22,41H,8-9,11,13,15H2,1-4H3/t22-,26-;17-,22+/m10/s1. The third kappa shape index (κ3) is 11.2. The molecule has 18 nitrogen and oxygen atoms in total. The highest BCUT2D eigenvalue weighted by Gasteiger charge is 2.49. The highest BCUT2D eigenvalue weighted by Crippen LogP contribution is 2.47. The number of phenols is 1. The third-order valence-electron chi connectivity index (χ3n) is 17.7. The van der Waals surface area contributed by atoms with E-state index in [0.29, 0.717) is 58.1 Å². The molecule has 6 aromatic heterocycles. The number of halogens is 6. The molecule has 4 aliphatic rings. The van der Waals surface area contributed by atoms with E-state index in [2.05, 4.69) is 15.0 Å². The number of hydrogen-bond acceptors (Lipinski definition) is 13. The Morgan fingerprint density at radius 1 is 0.602 bits per heavy atom. The van der Waals surface area contributed by atoms with Crippen LogP contribution in [-0.2, 0) is 14.3 Å². The number of alkyl halides is 2. The number of aromatic nitrogens is 6. The number of phenolic OH excluding ortho intramolecular Hbond substituents is 1. The van der Waals surface area contributed by atoms with Crippen LogP contribution in [0.15, 0.2) is 82.6 Å². The van der Waals surface area contributed by atoms with Gasteiger partial charge in [-0.25, -0.2) is 41.1 Å². The molecule has 10 heterocycles. The first-order chi connectivity index (χ1) is 44.1. The van der Waals surface area contributed by atoms with Crippen molar-refractivity contribution >= 4 is 62.7 Å². The summed E-state index contributed by atoms with van der Waals surface area (Å²) in [5.74, 6) is -4.99. The number of hydrogen-bond donors (Lipinski definition) is 1. The summed E-state index contributed by atoms with van der Waals surface area (Å²) in [5, 5.41) is 10.9. The Labute approximate surface area is 533 Å². The lowest BCUT2D eigenvalue weighted by Gasteiger charge is -2.50. The number of carbonyl (C=O) groups excluding carboxylic acids is 3. The molecule has 8 aromatic rings. The van der Waals surface area contributed by atoms with Crippen LogP contribution in [0.25, 0.3) is 56.0 Å². The number of nitrogens with zero attached hydrogens (tertiary/aromatic N) is 11. The van der Waals surface area contributed by atoms with Gasteiger partial charge in [0, 0.05) is 47.9 Å². The number of anilines is 4. The van der Waals surface area contributed by atoms with Crippen LogP contribution >= 0.6 is 0 Å². The smallest absolute Gasteiger partial charge is 0.410 e. The molecule has 4 aliphatic heterocycles. The molecule has 2 aromatic carbocycles. The van der Waals surface area contributed by atoms with Gasteiger partial charge in [-0.05, 0) is 138 Å². The van der Waals surface area contributed by atoms with Gasteiger partial charge in [0.25, 0.3) is 17.0 Å². The van der Waals surface area contributed by atoms with Gasteiger partial charge >= 0.3 is 6.09 Å². The fraction of sp³-hybridized carbons (Fsp3) is 0.406. The minimum absolute atomic E-state index is 0.00678. The molecule has 3 amide bonds. The van der Waals surface area contributed by atoms with Crippen LogP contribution in [0.1, 0.15) is 115 Å². The van der Waals surface area contributed by atoms with Crippen LogP contribution in [-0.4, -0.2) is 127 Å². The fourth-order valence-corrected chi connectivity index (χ4v) is 13.5. The lowest BCUT2D eigenvalue weighted by molar-refractivity contribution is -0.122. The average Bonchev–Trinajstić information content (AvgIpc) is 0.716. The molecule has 0 radical (unpaired) electrons. The highest BCUT2D eigenvalue weighted by molar-refractivity contribution is 6.13. The Morgan fingerprint density at radius 2 is 1.08 bits per heavy atom. The van der Waals surface area contributed by atoms with E-state index in [1.807, 2.05) is 39.5 Å². The largest absolute Gasteiger partial charge is 0.507 e. The summed E-state index contributed by atoms with van der Waals surface area (Å²) in [6.45, 7) is 19.6. The van der Waals surface area contributed by atoms with Crippen molar-refractivity contribution in [3.63, 3.8) is 0 Å². The molecule has 0 saturated carbocycles. The topological polar surface area (TPSA) is 192 Å². The predicted molar refractivity (Wildman–Crippen MR) is 345 cm³/mol. The van der Waals surface area contributed by atoms with Crippen molar-refractivity contribution in [2.45, 2.75) is 131 Å². The Balaban J connectivity index is 0.000000192. The molecule has 2 fully saturated rings. The van der Waals surface area contributed by atoms with Crippen molar-refractivity contribution in [1.82, 2.24) is 34.0 Å². The van der Waals surface area contributed by atoms with E-state index in [9.17, 15) is 33.1 Å². The van der Waals surface area contributed by atoms with E-state index in [1.54, 1.807) is 84.0 Å². The summed E-state index contributed by atoms with van der Waals surface area (Å²) in [7, 11) is 0. The maximum atomic E-state index is 16.4. The molecule has 488 valence electrons. The number of aromatic hydroxyl groups is 1. The number of carbonyl (C=O) groups is 3. The zero-order valence-corrected chi connectivity index (χ0v) is 53.8. The summed E-state index contributed by atoms with van der Waals surface area (Å²) < 4.78 is 99.4. The molecule has 2 saturated heterocycles. The minimum Gasteiger partial charge on any atom is -0.507 e. The zero-order valence-electron chi connectivity index (χ0n) is 53.8. The Hall–Kier alpha value is -9.35. The first kappa shape index (κ1) is 65.2. The van der Waals surface area contributed by atoms with Crippen molar-refractivity contribution in [3.05, 3.63) is 145 Å². The summed E-state index contributed by atoms with van der Waals surface area (Å²) in [4.78, 5) is 96.7. The summed E-state index contributed by atoms with van der Waals surface area (Å²) >= 11 is 0. The van der Waals surface area contributed by atoms with Crippen LogP contribution in [0.4, 0.5) is 53.9 Å². The van der Waals surface area contributed by atoms with E-state index >= 15 is 22.4 Å². The zero-order chi connectivity index (χ0) is 67.1. The second-order valence-corrected chi connectivity index (χ2v) is 26.0. The first-order valence-corrected chi connectivity index (χ1v) is 31.1. The Bertz CT molecular complexity index is 4450. The molecule has 0 bridgehead atoms. The number of piperazine rings is 1. The summed E-state index contributed by atoms with van der Waals surface area (Å²) in [6.07, 6.45) is 3.87. The molecule has 12 rings (SSSR count). The van der Waals surface area contributed by atoms with Gasteiger partial charge in [0.2, 0.25) is 5.91 Å². The van der Waals surface area contributed by atoms with Crippen LogP contribution < -0.4 is 30.7 Å². The fourth-order valence-electron chi connectivity index (χ4n) is 13.5. The summed E-state index contributed by atoms with van der Waals surface area (Å²) in [5.41, 5.74) is 0.530. The van der Waals surface area contributed by atoms with Crippen molar-refractivity contribution < 1.29 is 50.6 Å². The molecule has 0 unspecified atom stereocenters. The number of fused-ring (bicyclic) bond motifs is 10. The number of aryl methyl sites for hydroxylation is 3. The predicted octanol–water partition coefficient (Wildman–Crippen LogP) is 12.4. The van der Waals surface area contributed by atoms with Crippen molar-refractivity contribution in [1.29, 1.82) is 0 Å². The maximum absolute atomic E-state index is 16.4. The Morgan fingerprint density at radius 3 is 1.55 bits per heavy atom. The number of rotatable bonds is 10. The maximum Gasteiger partial charge on any atom is 0.410 e. The first-order valence-electron chi connectivity index (χ1n) is 31.1. The second kappa shape index (κ2) is 24.9. The van der Waals surface area contributed by atoms with E-state index in [-0.39, 0.29) is 93.7 Å². The number of pyridine rings is 6. The molecule has 4 atom stereocenters. The van der Waals surface area contributed by atoms with Gasteiger partial charge in [0.05, 0.1) is 59.3 Å². The monoisotopic (exact) mass is 1280 g/mol. The van der Waals surface area contributed by atoms with Gasteiger partial charge in [-0.3, -0.25) is 38.3 Å². The van der Waals surface area contributed by atoms with Crippen LogP contribution in [0.5, 0.6) is 5.75 Å². The van der Waals surface area contributed by atoms with Crippen molar-refractivity contribution in [3.8, 4) is 39.6 Å². The van der Waals surface area contributed by atoms with Gasteiger partial charge in [-0.15, -0.1) is 0 Å². The number of piperidine rings is 1. The number of ether oxygens (including phenoxy) is 1. The van der Waals surface area contributed by atoms with Crippen molar-refractivity contribution in [2.24, 2.45) is 5.92 Å². The second-order valence-electron chi connectivity index (χ2n) is 26.0. The molecule has 1 N–H and O–H groups in total. The molecular weight excluding hydrogens is 1210 g/mol. The summed E-state index contributed by atoms with van der Waals surface area (Å²) in [6, 6.07) is 11.6. The SMILES string of the molecule is Cc1cccc(F)c1-c1nc2c(cc1F)c1c(c(=O)n2-c2c(C)ccnc2C(C)C)N(CCF)C(=O)[C@H]2CN(C(=O)OC(C)(C)C)[C@H](C)CN12.Cc1ccnc(C(C)C)c1-n1c(=O)c2c(c3cc(F)c(-c4c(O)cccc4F)nc31)N1C[C@@H](C)CC[C@@H]1C(=O)N2CCF. The van der Waals surface area contributed by atoms with Gasteiger partial charge in [-0.1, -0.05) is 52.8 Å². The van der Waals surface area contributed by atoms with Crippen molar-refractivity contribution in [2.75, 3.05) is 65.7 Å². The molecule has 0 aliphatic carbocycles. The lowest BCUT2D eigenvalue weighted by Crippen LogP contribution is -2.67. The lowest BCUT2D eigenvalue weighted by atomic mass is 9.90. The quantitative estimate of drug-likeness (QED) is 0.127. The van der Waals surface area contributed by atoms with E-state index in [4.69, 9.17) is 9.72 Å². The number of benzene rings is 2. The van der Waals surface area contributed by atoms with Gasteiger partial charge in [0.1, 0.15) is 77.0 Å². The molecule has 0 spiro atoms. The Kier molecular flexibility index (Phi) is 17.5. The van der Waals surface area contributed by atoms with Crippen LogP contribution in [0.2, 0.25) is 0 Å². The normalized spacial score (nSPS) is 18.0. The molecular formula is C69H73F6N11O7. The van der Waals surface area contributed by atoms with Gasteiger partial charge < -0.3 is 34.3 Å².